The van der Waals surface area contributed by atoms with Crippen LogP contribution in [0.25, 0.3) is 10.9 Å². The van der Waals surface area contributed by atoms with Crippen molar-refractivity contribution in [2.75, 3.05) is 6.61 Å². The minimum absolute atomic E-state index is 0.0847. The van der Waals surface area contributed by atoms with Crippen LogP contribution in [-0.4, -0.2) is 34.2 Å². The molecule has 1 atom stereocenters. The number of pyridine rings is 1. The van der Waals surface area contributed by atoms with E-state index in [2.05, 4.69) is 10.1 Å². The van der Waals surface area contributed by atoms with E-state index in [9.17, 15) is 14.4 Å². The average Bonchev–Trinajstić information content (AvgIpc) is 3.52. The molecule has 1 amide bonds. The summed E-state index contributed by atoms with van der Waals surface area (Å²) in [6.45, 7) is -0.547. The van der Waals surface area contributed by atoms with Gasteiger partial charge in [-0.2, -0.15) is 5.10 Å². The molecule has 0 saturated carbocycles. The highest BCUT2D eigenvalue weighted by atomic mass is 35.5. The summed E-state index contributed by atoms with van der Waals surface area (Å²) in [7, 11) is 0. The second-order valence-electron chi connectivity index (χ2n) is 7.70. The van der Waals surface area contributed by atoms with Crippen molar-refractivity contribution >= 4 is 40.1 Å². The fourth-order valence-electron chi connectivity index (χ4n) is 3.90. The third-order valence-electron chi connectivity index (χ3n) is 5.51. The van der Waals surface area contributed by atoms with Crippen LogP contribution in [0.1, 0.15) is 34.1 Å². The number of benzene rings is 2. The SMILES string of the molecule is O=C(OCC(=O)N1N=C(c2ccc(Cl)cc2)C[C@@H]1c1ccco1)c1cc(=O)[nH]c2ccccc12. The van der Waals surface area contributed by atoms with Crippen molar-refractivity contribution in [3.8, 4) is 0 Å². The number of halogens is 1. The van der Waals surface area contributed by atoms with Gasteiger partial charge in [-0.05, 0) is 35.9 Å². The first-order valence-electron chi connectivity index (χ1n) is 10.5. The zero-order valence-corrected chi connectivity index (χ0v) is 18.5. The molecule has 3 heterocycles. The minimum atomic E-state index is -0.772. The van der Waals surface area contributed by atoms with Gasteiger partial charge in [0.15, 0.2) is 6.61 Å². The van der Waals surface area contributed by atoms with E-state index >= 15 is 0 Å². The second kappa shape index (κ2) is 8.99. The standard InChI is InChI=1S/C25H18ClN3O5/c26-16-9-7-15(8-10-16)20-13-21(22-6-3-11-33-22)29(28-20)24(31)14-34-25(32)18-12-23(30)27-19-5-2-1-4-17(18)19/h1-12,21H,13-14H2,(H,27,30)/t21-/m1/s1. The van der Waals surface area contributed by atoms with Gasteiger partial charge in [0.05, 0.1) is 17.5 Å². The molecule has 0 saturated heterocycles. The van der Waals surface area contributed by atoms with Gasteiger partial charge in [-0.3, -0.25) is 9.59 Å². The Morgan fingerprint density at radius 3 is 2.68 bits per heavy atom. The number of carbonyl (C=O) groups excluding carboxylic acids is 2. The maximum Gasteiger partial charge on any atom is 0.339 e. The molecular formula is C25H18ClN3O5. The highest BCUT2D eigenvalue weighted by Crippen LogP contribution is 2.33. The van der Waals surface area contributed by atoms with Gasteiger partial charge in [0, 0.05) is 28.4 Å². The van der Waals surface area contributed by atoms with E-state index in [4.69, 9.17) is 20.8 Å². The molecule has 170 valence electrons. The first kappa shape index (κ1) is 21.7. The van der Waals surface area contributed by atoms with E-state index in [1.165, 1.54) is 11.3 Å². The van der Waals surface area contributed by atoms with Gasteiger partial charge < -0.3 is 14.1 Å². The van der Waals surface area contributed by atoms with E-state index in [0.29, 0.717) is 33.8 Å². The van der Waals surface area contributed by atoms with E-state index < -0.39 is 30.1 Å². The van der Waals surface area contributed by atoms with Gasteiger partial charge in [-0.15, -0.1) is 0 Å². The summed E-state index contributed by atoms with van der Waals surface area (Å²) in [6.07, 6.45) is 1.95. The van der Waals surface area contributed by atoms with Gasteiger partial charge >= 0.3 is 5.97 Å². The van der Waals surface area contributed by atoms with Gasteiger partial charge in [-0.1, -0.05) is 41.9 Å². The van der Waals surface area contributed by atoms with Crippen molar-refractivity contribution < 1.29 is 18.7 Å². The summed E-state index contributed by atoms with van der Waals surface area (Å²) in [5.74, 6) is -0.730. The molecule has 0 fully saturated rings. The normalized spacial score (nSPS) is 15.4. The molecule has 0 spiro atoms. The van der Waals surface area contributed by atoms with Crippen LogP contribution in [0.5, 0.6) is 0 Å². The molecule has 4 aromatic rings. The fourth-order valence-corrected chi connectivity index (χ4v) is 4.03. The fraction of sp³-hybridized carbons (Fsp3) is 0.120. The number of fused-ring (bicyclic) bond motifs is 1. The Morgan fingerprint density at radius 1 is 1.12 bits per heavy atom. The summed E-state index contributed by atoms with van der Waals surface area (Å²) in [4.78, 5) is 40.4. The molecule has 0 bridgehead atoms. The molecule has 0 radical (unpaired) electrons. The number of aromatic nitrogens is 1. The summed E-state index contributed by atoms with van der Waals surface area (Å²) in [5, 5.41) is 6.88. The van der Waals surface area contributed by atoms with Crippen LogP contribution < -0.4 is 5.56 Å². The number of hydrogen-bond acceptors (Lipinski definition) is 6. The molecule has 2 aromatic carbocycles. The Bertz CT molecular complexity index is 1460. The number of nitrogens with one attached hydrogen (secondary N) is 1. The van der Waals surface area contributed by atoms with E-state index in [-0.39, 0.29) is 5.56 Å². The highest BCUT2D eigenvalue weighted by molar-refractivity contribution is 6.30. The van der Waals surface area contributed by atoms with Crippen LogP contribution in [0.4, 0.5) is 0 Å². The van der Waals surface area contributed by atoms with Crippen molar-refractivity contribution in [1.82, 2.24) is 9.99 Å². The third kappa shape index (κ3) is 4.23. The molecule has 0 aliphatic carbocycles. The Hall–Kier alpha value is -4.17. The van der Waals surface area contributed by atoms with E-state index in [1.54, 1.807) is 48.5 Å². The molecule has 1 aliphatic rings. The number of ether oxygens (including phenoxy) is 1. The molecule has 34 heavy (non-hydrogen) atoms. The van der Waals surface area contributed by atoms with Crippen molar-refractivity contribution in [3.05, 3.63) is 105 Å². The third-order valence-corrected chi connectivity index (χ3v) is 5.76. The van der Waals surface area contributed by atoms with E-state index in [1.807, 2.05) is 12.1 Å². The van der Waals surface area contributed by atoms with Crippen LogP contribution in [0.2, 0.25) is 5.02 Å². The predicted octanol–water partition coefficient (Wildman–Crippen LogP) is 4.31. The summed E-state index contributed by atoms with van der Waals surface area (Å²) < 4.78 is 10.8. The molecule has 8 nitrogen and oxygen atoms in total. The van der Waals surface area contributed by atoms with Gasteiger partial charge in [-0.25, -0.2) is 9.80 Å². The number of para-hydroxylation sites is 1. The zero-order valence-electron chi connectivity index (χ0n) is 17.7. The van der Waals surface area contributed by atoms with Crippen molar-refractivity contribution in [3.63, 3.8) is 0 Å². The lowest BCUT2D eigenvalue weighted by Gasteiger charge is -2.19. The lowest BCUT2D eigenvalue weighted by molar-refractivity contribution is -0.136. The van der Waals surface area contributed by atoms with Crippen molar-refractivity contribution in [2.45, 2.75) is 12.5 Å². The number of amides is 1. The quantitative estimate of drug-likeness (QED) is 0.433. The number of rotatable bonds is 5. The number of esters is 1. The van der Waals surface area contributed by atoms with Gasteiger partial charge in [0.2, 0.25) is 5.56 Å². The minimum Gasteiger partial charge on any atom is -0.467 e. The molecule has 1 aliphatic heterocycles. The van der Waals surface area contributed by atoms with Crippen LogP contribution in [0, 0.1) is 0 Å². The Labute approximate surface area is 198 Å². The summed E-state index contributed by atoms with van der Waals surface area (Å²) >= 11 is 5.99. The summed E-state index contributed by atoms with van der Waals surface area (Å²) in [5.41, 5.74) is 1.65. The van der Waals surface area contributed by atoms with E-state index in [0.717, 1.165) is 11.6 Å². The molecule has 0 unspecified atom stereocenters. The lowest BCUT2D eigenvalue weighted by Crippen LogP contribution is -2.31. The van der Waals surface area contributed by atoms with Gasteiger partial charge in [0.25, 0.3) is 5.91 Å². The smallest absolute Gasteiger partial charge is 0.339 e. The topological polar surface area (TPSA) is 105 Å². The molecule has 9 heteroatoms. The van der Waals surface area contributed by atoms with Crippen molar-refractivity contribution in [2.24, 2.45) is 5.10 Å². The van der Waals surface area contributed by atoms with Crippen LogP contribution in [0.3, 0.4) is 0 Å². The van der Waals surface area contributed by atoms with Crippen LogP contribution in [-0.2, 0) is 9.53 Å². The number of hydrogen-bond donors (Lipinski definition) is 1. The number of carbonyl (C=O) groups is 2. The lowest BCUT2D eigenvalue weighted by atomic mass is 10.0. The molecule has 5 rings (SSSR count). The predicted molar refractivity (Wildman–Crippen MR) is 126 cm³/mol. The second-order valence-corrected chi connectivity index (χ2v) is 8.13. The molecule has 1 N–H and O–H groups in total. The van der Waals surface area contributed by atoms with Crippen LogP contribution >= 0.6 is 11.6 Å². The summed E-state index contributed by atoms with van der Waals surface area (Å²) in [6, 6.07) is 18.2. The largest absolute Gasteiger partial charge is 0.467 e. The first-order valence-corrected chi connectivity index (χ1v) is 10.9. The average molecular weight is 476 g/mol. The number of aromatic amines is 1. The van der Waals surface area contributed by atoms with Crippen molar-refractivity contribution in [1.29, 1.82) is 0 Å². The monoisotopic (exact) mass is 475 g/mol. The maximum atomic E-state index is 13.1. The number of hydrazone groups is 1. The Morgan fingerprint density at radius 2 is 1.91 bits per heavy atom. The number of furan rings is 1. The Kier molecular flexibility index (Phi) is 5.73. The molecule has 2 aromatic heterocycles. The number of nitrogens with zero attached hydrogens (tertiary/aromatic N) is 2. The number of H-pyrrole nitrogens is 1. The maximum absolute atomic E-state index is 13.1. The highest BCUT2D eigenvalue weighted by Gasteiger charge is 2.35. The first-order chi connectivity index (χ1) is 16.5. The zero-order chi connectivity index (χ0) is 23.7. The Balaban J connectivity index is 1.37. The van der Waals surface area contributed by atoms with Gasteiger partial charge in [0.1, 0.15) is 11.8 Å². The molecular weight excluding hydrogens is 458 g/mol. The van der Waals surface area contributed by atoms with Crippen LogP contribution in [0.15, 0.2) is 87.3 Å².